The van der Waals surface area contributed by atoms with Crippen LogP contribution in [-0.2, 0) is 0 Å². The molecule has 1 amide bonds. The highest BCUT2D eigenvalue weighted by Gasteiger charge is 2.32. The van der Waals surface area contributed by atoms with E-state index in [2.05, 4.69) is 0 Å². The van der Waals surface area contributed by atoms with Crippen molar-refractivity contribution in [1.29, 1.82) is 0 Å². The Bertz CT molecular complexity index is 519. The van der Waals surface area contributed by atoms with E-state index >= 15 is 0 Å². The molecule has 0 radical (unpaired) electrons. The number of non-ortho nitro benzene ring substituents is 1. The summed E-state index contributed by atoms with van der Waals surface area (Å²) in [6.45, 7) is -1.41. The second-order valence-corrected chi connectivity index (χ2v) is 4.86. The van der Waals surface area contributed by atoms with Crippen LogP contribution in [0.5, 0.6) is 0 Å². The van der Waals surface area contributed by atoms with Crippen LogP contribution in [0.2, 0.25) is 0 Å². The Morgan fingerprint density at radius 2 is 2.05 bits per heavy atom. The minimum Gasteiger partial charge on any atom is -0.333 e. The largest absolute Gasteiger partial charge is 0.406 e. The molecule has 0 aliphatic carbocycles. The SMILES string of the molecule is CN(CC(F)(F)F)C(=O)c1cc([N+](=O)[O-])ccc1I. The summed E-state index contributed by atoms with van der Waals surface area (Å²) in [7, 11) is 0.991. The minimum absolute atomic E-state index is 0.124. The lowest BCUT2D eigenvalue weighted by atomic mass is 10.2. The number of halogens is 4. The van der Waals surface area contributed by atoms with Gasteiger partial charge < -0.3 is 4.90 Å². The summed E-state index contributed by atoms with van der Waals surface area (Å²) >= 11 is 1.73. The summed E-state index contributed by atoms with van der Waals surface area (Å²) in [6.07, 6.45) is -4.52. The number of amides is 1. The molecule has 0 spiro atoms. The maximum atomic E-state index is 12.2. The molecule has 1 aromatic rings. The monoisotopic (exact) mass is 388 g/mol. The van der Waals surface area contributed by atoms with Gasteiger partial charge in [-0.2, -0.15) is 13.2 Å². The Labute approximate surface area is 119 Å². The van der Waals surface area contributed by atoms with E-state index in [1.54, 1.807) is 22.6 Å². The van der Waals surface area contributed by atoms with Crippen LogP contribution in [0.3, 0.4) is 0 Å². The number of benzene rings is 1. The fourth-order valence-electron chi connectivity index (χ4n) is 1.34. The third-order valence-corrected chi connectivity index (χ3v) is 3.10. The zero-order chi connectivity index (χ0) is 14.8. The van der Waals surface area contributed by atoms with Crippen molar-refractivity contribution in [2.24, 2.45) is 0 Å². The van der Waals surface area contributed by atoms with Gasteiger partial charge in [0.2, 0.25) is 0 Å². The van der Waals surface area contributed by atoms with Crippen molar-refractivity contribution in [2.75, 3.05) is 13.6 Å². The third kappa shape index (κ3) is 4.33. The molecular weight excluding hydrogens is 380 g/mol. The topological polar surface area (TPSA) is 63.5 Å². The van der Waals surface area contributed by atoms with Gasteiger partial charge in [0.15, 0.2) is 0 Å². The molecule has 0 atom stereocenters. The summed E-state index contributed by atoms with van der Waals surface area (Å²) < 4.78 is 36.9. The smallest absolute Gasteiger partial charge is 0.333 e. The Morgan fingerprint density at radius 3 is 2.53 bits per heavy atom. The molecule has 0 aliphatic heterocycles. The van der Waals surface area contributed by atoms with Crippen molar-refractivity contribution < 1.29 is 22.9 Å². The molecule has 9 heteroatoms. The number of nitro groups is 1. The van der Waals surface area contributed by atoms with Crippen LogP contribution in [0.1, 0.15) is 10.4 Å². The lowest BCUT2D eigenvalue weighted by molar-refractivity contribution is -0.384. The van der Waals surface area contributed by atoms with E-state index in [1.807, 2.05) is 0 Å². The molecule has 0 heterocycles. The molecule has 0 bridgehead atoms. The number of nitro benzene ring substituents is 1. The van der Waals surface area contributed by atoms with Gasteiger partial charge >= 0.3 is 6.18 Å². The molecule has 1 aromatic carbocycles. The van der Waals surface area contributed by atoms with Gasteiger partial charge in [-0.05, 0) is 28.7 Å². The first kappa shape index (κ1) is 15.7. The summed E-state index contributed by atoms with van der Waals surface area (Å²) in [4.78, 5) is 22.2. The molecule has 0 unspecified atom stereocenters. The fourth-order valence-corrected chi connectivity index (χ4v) is 1.90. The third-order valence-electron chi connectivity index (χ3n) is 2.15. The summed E-state index contributed by atoms with van der Waals surface area (Å²) in [6, 6.07) is 3.46. The minimum atomic E-state index is -4.52. The average Bonchev–Trinajstić information content (AvgIpc) is 2.26. The van der Waals surface area contributed by atoms with Crippen LogP contribution in [0.15, 0.2) is 18.2 Å². The Kier molecular flexibility index (Phi) is 4.71. The van der Waals surface area contributed by atoms with Gasteiger partial charge in [-0.3, -0.25) is 14.9 Å². The number of alkyl halides is 3. The number of hydrogen-bond donors (Lipinski definition) is 0. The first-order valence-electron chi connectivity index (χ1n) is 4.88. The summed E-state index contributed by atoms with van der Waals surface area (Å²) in [5, 5.41) is 10.6. The number of hydrogen-bond acceptors (Lipinski definition) is 3. The van der Waals surface area contributed by atoms with Crippen molar-refractivity contribution in [3.63, 3.8) is 0 Å². The Morgan fingerprint density at radius 1 is 1.47 bits per heavy atom. The van der Waals surface area contributed by atoms with Crippen LogP contribution < -0.4 is 0 Å². The quantitative estimate of drug-likeness (QED) is 0.455. The number of carbonyl (C=O) groups excluding carboxylic acids is 1. The standard InChI is InChI=1S/C10H8F3IN2O3/c1-15(5-10(11,12)13)9(17)7-4-6(16(18)19)2-3-8(7)14/h2-4H,5H2,1H3. The van der Waals surface area contributed by atoms with Crippen LogP contribution in [0.25, 0.3) is 0 Å². The van der Waals surface area contributed by atoms with Crippen molar-refractivity contribution >= 4 is 34.2 Å². The lowest BCUT2D eigenvalue weighted by Gasteiger charge is -2.19. The first-order valence-corrected chi connectivity index (χ1v) is 5.96. The zero-order valence-corrected chi connectivity index (χ0v) is 11.7. The molecule has 0 aliphatic rings. The van der Waals surface area contributed by atoms with Crippen molar-refractivity contribution in [3.05, 3.63) is 37.4 Å². The maximum absolute atomic E-state index is 12.2. The predicted octanol–water partition coefficient (Wildman–Crippen LogP) is 2.83. The summed E-state index contributed by atoms with van der Waals surface area (Å²) in [5.74, 6) is -0.912. The van der Waals surface area contributed by atoms with Crippen molar-refractivity contribution in [3.8, 4) is 0 Å². The number of nitrogens with zero attached hydrogens (tertiary/aromatic N) is 2. The van der Waals surface area contributed by atoms with Gasteiger partial charge in [-0.25, -0.2) is 0 Å². The van der Waals surface area contributed by atoms with E-state index < -0.39 is 23.6 Å². The average molecular weight is 388 g/mol. The number of rotatable bonds is 3. The van der Waals surface area contributed by atoms with Crippen LogP contribution >= 0.6 is 22.6 Å². The van der Waals surface area contributed by atoms with Gasteiger partial charge in [0, 0.05) is 22.8 Å². The molecule has 0 N–H and O–H groups in total. The van der Waals surface area contributed by atoms with Crippen LogP contribution in [0, 0.1) is 13.7 Å². The van der Waals surface area contributed by atoms with Crippen LogP contribution in [-0.4, -0.2) is 35.5 Å². The fraction of sp³-hybridized carbons (Fsp3) is 0.300. The molecule has 5 nitrogen and oxygen atoms in total. The van der Waals surface area contributed by atoms with Crippen molar-refractivity contribution in [1.82, 2.24) is 4.90 Å². The summed E-state index contributed by atoms with van der Waals surface area (Å²) in [5.41, 5.74) is -0.467. The molecule has 1 rings (SSSR count). The molecule has 0 fully saturated rings. The molecular formula is C10H8F3IN2O3. The first-order chi connectivity index (χ1) is 8.61. The van der Waals surface area contributed by atoms with E-state index in [9.17, 15) is 28.1 Å². The number of carbonyl (C=O) groups is 1. The van der Waals surface area contributed by atoms with Gasteiger partial charge in [0.25, 0.3) is 11.6 Å². The van der Waals surface area contributed by atoms with Gasteiger partial charge in [0.05, 0.1) is 10.5 Å². The zero-order valence-electron chi connectivity index (χ0n) is 9.57. The van der Waals surface area contributed by atoms with Gasteiger partial charge in [-0.15, -0.1) is 0 Å². The van der Waals surface area contributed by atoms with E-state index in [0.717, 1.165) is 13.1 Å². The molecule has 0 aromatic heterocycles. The Hall–Kier alpha value is -1.39. The maximum Gasteiger partial charge on any atom is 0.406 e. The van der Waals surface area contributed by atoms with Crippen molar-refractivity contribution in [2.45, 2.75) is 6.18 Å². The van der Waals surface area contributed by atoms with Crippen LogP contribution in [0.4, 0.5) is 18.9 Å². The molecule has 0 saturated heterocycles. The second kappa shape index (κ2) is 5.72. The Balaban J connectivity index is 3.05. The van der Waals surface area contributed by atoms with E-state index in [-0.39, 0.29) is 11.3 Å². The highest BCUT2D eigenvalue weighted by molar-refractivity contribution is 14.1. The normalized spacial score (nSPS) is 11.2. The highest BCUT2D eigenvalue weighted by Crippen LogP contribution is 2.22. The molecule has 0 saturated carbocycles. The van der Waals surface area contributed by atoms with Gasteiger partial charge in [0.1, 0.15) is 6.54 Å². The second-order valence-electron chi connectivity index (χ2n) is 3.70. The predicted molar refractivity (Wildman–Crippen MR) is 68.8 cm³/mol. The molecule has 19 heavy (non-hydrogen) atoms. The van der Waals surface area contributed by atoms with Gasteiger partial charge in [-0.1, -0.05) is 0 Å². The highest BCUT2D eigenvalue weighted by atomic mass is 127. The van der Waals surface area contributed by atoms with E-state index in [1.165, 1.54) is 12.1 Å². The lowest BCUT2D eigenvalue weighted by Crippen LogP contribution is -2.36. The van der Waals surface area contributed by atoms with E-state index in [4.69, 9.17) is 0 Å². The molecule has 104 valence electrons. The van der Waals surface area contributed by atoms with E-state index in [0.29, 0.717) is 8.47 Å².